The number of carbonyl (C=O) groups is 6. The number of hydrogen-bond donors (Lipinski definition) is 4. The zero-order valence-corrected chi connectivity index (χ0v) is 30.5. The van der Waals surface area contributed by atoms with Gasteiger partial charge in [-0.05, 0) is 42.6 Å². The molecule has 1 aromatic heterocycles. The third-order valence-electron chi connectivity index (χ3n) is 9.55. The second-order valence-electron chi connectivity index (χ2n) is 14.8. The van der Waals surface area contributed by atoms with Crippen LogP contribution in [0.5, 0.6) is 0 Å². The van der Waals surface area contributed by atoms with E-state index in [1.165, 1.54) is 23.5 Å². The highest BCUT2D eigenvalue weighted by atomic mass is 16.2. The van der Waals surface area contributed by atoms with Crippen LogP contribution in [0.25, 0.3) is 0 Å². The highest BCUT2D eigenvalue weighted by Crippen LogP contribution is 2.39. The van der Waals surface area contributed by atoms with Crippen LogP contribution in [-0.4, -0.2) is 80.9 Å². The molecule has 13 nitrogen and oxygen atoms in total. The summed E-state index contributed by atoms with van der Waals surface area (Å²) in [6.45, 7) is 12.9. The fourth-order valence-corrected chi connectivity index (χ4v) is 6.70. The molecule has 1 aliphatic heterocycles. The van der Waals surface area contributed by atoms with Crippen LogP contribution in [0, 0.1) is 23.2 Å². The molecule has 0 saturated carbocycles. The monoisotopic (exact) mass is 701 g/mol. The van der Waals surface area contributed by atoms with Crippen molar-refractivity contribution in [3.8, 4) is 0 Å². The second-order valence-corrected chi connectivity index (χ2v) is 14.8. The number of fused-ring (bicyclic) bond motifs is 1. The molecular formula is C38H51N7O6. The van der Waals surface area contributed by atoms with Crippen LogP contribution >= 0.6 is 0 Å². The van der Waals surface area contributed by atoms with E-state index in [1.54, 1.807) is 20.8 Å². The van der Waals surface area contributed by atoms with Crippen LogP contribution in [-0.2, 0) is 24.0 Å². The van der Waals surface area contributed by atoms with Crippen molar-refractivity contribution in [3.63, 3.8) is 0 Å². The van der Waals surface area contributed by atoms with E-state index in [2.05, 4.69) is 31.2 Å². The Bertz CT molecular complexity index is 1610. The number of nitrogens with one attached hydrogen (secondary N) is 4. The molecule has 0 spiro atoms. The van der Waals surface area contributed by atoms with Crippen LogP contribution in [0.1, 0.15) is 89.8 Å². The van der Waals surface area contributed by atoms with Crippen molar-refractivity contribution in [1.29, 1.82) is 0 Å². The summed E-state index contributed by atoms with van der Waals surface area (Å²) in [5.74, 6) is -4.32. The maximum absolute atomic E-state index is 14.5. The van der Waals surface area contributed by atoms with E-state index in [1.807, 2.05) is 70.2 Å². The Kier molecular flexibility index (Phi) is 12.8. The van der Waals surface area contributed by atoms with Gasteiger partial charge in [0.25, 0.3) is 11.8 Å². The number of hydrogen-bond acceptors (Lipinski definition) is 8. The van der Waals surface area contributed by atoms with Gasteiger partial charge in [-0.2, -0.15) is 0 Å². The maximum atomic E-state index is 14.5. The van der Waals surface area contributed by atoms with Gasteiger partial charge >= 0.3 is 0 Å². The summed E-state index contributed by atoms with van der Waals surface area (Å²) in [5, 5.41) is 11.2. The smallest absolute Gasteiger partial charge is 0.290 e. The van der Waals surface area contributed by atoms with E-state index in [0.29, 0.717) is 12.8 Å². The third-order valence-corrected chi connectivity index (χ3v) is 9.55. The Labute approximate surface area is 299 Å². The average Bonchev–Trinajstić information content (AvgIpc) is 3.70. The molecule has 1 aliphatic carbocycles. The van der Waals surface area contributed by atoms with Crippen LogP contribution in [0.3, 0.4) is 0 Å². The predicted molar refractivity (Wildman–Crippen MR) is 191 cm³/mol. The maximum Gasteiger partial charge on any atom is 0.290 e. The number of rotatable bonds is 14. The Balaban J connectivity index is 1.53. The van der Waals surface area contributed by atoms with Crippen molar-refractivity contribution < 1.29 is 28.8 Å². The van der Waals surface area contributed by atoms with Gasteiger partial charge in [0.15, 0.2) is 0 Å². The molecule has 4 N–H and O–H groups in total. The Hall–Kier alpha value is -4.94. The molecular weight excluding hydrogens is 650 g/mol. The van der Waals surface area contributed by atoms with Gasteiger partial charge in [-0.15, -0.1) is 0 Å². The molecule has 5 amide bonds. The standard InChI is InChI=1S/C38H51N7O6/c1-8-13-27(31(46)36(50)41-23(4)24-14-10-9-11-15-24)42-35(49)30-26-17-12-16-25(26)21-45(30)37(51)32(38(5,6)7)44-34(48)29(22(2)3)43-33(47)28-20-39-18-19-40-28/h9-12,14-16,18-20,22-23,25-27,29-30,32H,8,13,17,21H2,1-7H3,(H,41,50)(H,42,49)(H,43,47)(H,44,48)/t23-,25-,26-,27?,29+,30?,32+/m0/s1. The lowest BCUT2D eigenvalue weighted by molar-refractivity contribution is -0.146. The highest BCUT2D eigenvalue weighted by Gasteiger charge is 2.51. The number of likely N-dealkylation sites (tertiary alicyclic amines) is 1. The largest absolute Gasteiger partial charge is 0.344 e. The first kappa shape index (κ1) is 38.9. The van der Waals surface area contributed by atoms with Gasteiger partial charge in [0, 0.05) is 24.9 Å². The van der Waals surface area contributed by atoms with Crippen molar-refractivity contribution in [2.75, 3.05) is 6.54 Å². The summed E-state index contributed by atoms with van der Waals surface area (Å²) < 4.78 is 0. The number of ketones is 1. The average molecular weight is 702 g/mol. The zero-order chi connectivity index (χ0) is 37.5. The molecule has 1 fully saturated rings. The van der Waals surface area contributed by atoms with Crippen molar-refractivity contribution in [3.05, 3.63) is 72.3 Å². The summed E-state index contributed by atoms with van der Waals surface area (Å²) in [4.78, 5) is 91.2. The summed E-state index contributed by atoms with van der Waals surface area (Å²) in [7, 11) is 0. The van der Waals surface area contributed by atoms with Gasteiger partial charge < -0.3 is 26.2 Å². The van der Waals surface area contributed by atoms with Crippen LogP contribution < -0.4 is 21.3 Å². The molecule has 0 radical (unpaired) electrons. The number of allylic oxidation sites excluding steroid dienone is 1. The number of amides is 5. The molecule has 51 heavy (non-hydrogen) atoms. The molecule has 7 atom stereocenters. The SMILES string of the molecule is CCCC(NC(=O)C1[C@H]2CC=C[C@H]2CN1C(=O)[C@@H](NC(=O)[C@H](NC(=O)c1cnccn1)C(C)C)C(C)(C)C)C(=O)C(=O)N[C@@H](C)c1ccccc1. The minimum absolute atomic E-state index is 0.0490. The van der Waals surface area contributed by atoms with Crippen LogP contribution in [0.15, 0.2) is 61.1 Å². The minimum Gasteiger partial charge on any atom is -0.344 e. The minimum atomic E-state index is -1.08. The molecule has 1 saturated heterocycles. The molecule has 1 aromatic carbocycles. The van der Waals surface area contributed by atoms with Crippen LogP contribution in [0.2, 0.25) is 0 Å². The second kappa shape index (κ2) is 16.8. The lowest BCUT2D eigenvalue weighted by Gasteiger charge is -2.37. The topological polar surface area (TPSA) is 180 Å². The molecule has 4 rings (SSSR count). The summed E-state index contributed by atoms with van der Waals surface area (Å²) >= 11 is 0. The van der Waals surface area contributed by atoms with Gasteiger partial charge in [-0.1, -0.05) is 90.4 Å². The quantitative estimate of drug-likeness (QED) is 0.172. The van der Waals surface area contributed by atoms with E-state index in [-0.39, 0.29) is 36.4 Å². The molecule has 2 aliphatic rings. The number of carbonyl (C=O) groups excluding carboxylic acids is 6. The third kappa shape index (κ3) is 9.44. The molecule has 2 heterocycles. The first-order valence-corrected chi connectivity index (χ1v) is 17.7. The number of aromatic nitrogens is 2. The molecule has 0 bridgehead atoms. The van der Waals surface area contributed by atoms with Gasteiger partial charge in [0.05, 0.1) is 18.3 Å². The molecule has 2 aromatic rings. The first-order chi connectivity index (χ1) is 24.1. The van der Waals surface area contributed by atoms with Crippen molar-refractivity contribution in [2.45, 2.75) is 97.9 Å². The van der Waals surface area contributed by atoms with E-state index in [4.69, 9.17) is 0 Å². The predicted octanol–water partition coefficient (Wildman–Crippen LogP) is 2.90. The summed E-state index contributed by atoms with van der Waals surface area (Å²) in [6, 6.07) is 4.76. The van der Waals surface area contributed by atoms with E-state index in [9.17, 15) is 28.8 Å². The first-order valence-electron chi connectivity index (χ1n) is 17.7. The van der Waals surface area contributed by atoms with Crippen LogP contribution in [0.4, 0.5) is 0 Å². The molecule has 2 unspecified atom stereocenters. The van der Waals surface area contributed by atoms with Crippen molar-refractivity contribution >= 4 is 35.3 Å². The van der Waals surface area contributed by atoms with Gasteiger partial charge in [0.2, 0.25) is 23.5 Å². The fourth-order valence-electron chi connectivity index (χ4n) is 6.70. The molecule has 13 heteroatoms. The Morgan fingerprint density at radius 1 is 0.941 bits per heavy atom. The number of nitrogens with zero attached hydrogens (tertiary/aromatic N) is 3. The van der Waals surface area contributed by atoms with E-state index in [0.717, 1.165) is 5.56 Å². The van der Waals surface area contributed by atoms with Gasteiger partial charge in [0.1, 0.15) is 23.8 Å². The van der Waals surface area contributed by atoms with Crippen molar-refractivity contribution in [2.24, 2.45) is 23.2 Å². The fraction of sp³-hybridized carbons (Fsp3) is 0.526. The number of Topliss-reactive ketones (excluding diaryl/α,β-unsaturated/α-hetero) is 1. The van der Waals surface area contributed by atoms with Gasteiger partial charge in [-0.3, -0.25) is 33.8 Å². The Morgan fingerprint density at radius 2 is 1.65 bits per heavy atom. The molecule has 274 valence electrons. The highest BCUT2D eigenvalue weighted by molar-refractivity contribution is 6.38. The van der Waals surface area contributed by atoms with Crippen molar-refractivity contribution in [1.82, 2.24) is 36.1 Å². The zero-order valence-electron chi connectivity index (χ0n) is 30.5. The van der Waals surface area contributed by atoms with E-state index >= 15 is 0 Å². The number of benzene rings is 1. The van der Waals surface area contributed by atoms with Gasteiger partial charge in [-0.25, -0.2) is 4.98 Å². The lowest BCUT2D eigenvalue weighted by Crippen LogP contribution is -2.62. The van der Waals surface area contributed by atoms with E-state index < -0.39 is 70.9 Å². The summed E-state index contributed by atoms with van der Waals surface area (Å²) in [5.41, 5.74) is 0.0992. The normalized spacial score (nSPS) is 20.5. The summed E-state index contributed by atoms with van der Waals surface area (Å²) in [6.07, 6.45) is 9.42. The lowest BCUT2D eigenvalue weighted by atomic mass is 9.84. The Morgan fingerprint density at radius 3 is 2.25 bits per heavy atom.